The summed E-state index contributed by atoms with van der Waals surface area (Å²) in [6.45, 7) is 7.12. The second-order valence-corrected chi connectivity index (χ2v) is 7.20. The summed E-state index contributed by atoms with van der Waals surface area (Å²) in [5.41, 5.74) is 0.696. The molecule has 0 spiro atoms. The number of hydrogen-bond acceptors (Lipinski definition) is 3. The van der Waals surface area contributed by atoms with Gasteiger partial charge < -0.3 is 18.9 Å². The summed E-state index contributed by atoms with van der Waals surface area (Å²) in [5.74, 6) is 0.116. The Hall–Kier alpha value is -1.33. The molecule has 5 heteroatoms. The second-order valence-electron chi connectivity index (χ2n) is 7.20. The molecule has 2 aliphatic rings. The minimum absolute atomic E-state index is 0.0540. The first-order valence-corrected chi connectivity index (χ1v) is 8.66. The quantitative estimate of drug-likeness (QED) is 0.856. The molecular weight excluding hydrogens is 292 g/mol. The zero-order valence-corrected chi connectivity index (χ0v) is 14.5. The van der Waals surface area contributed by atoms with E-state index in [4.69, 9.17) is 9.47 Å². The number of amides is 1. The van der Waals surface area contributed by atoms with Crippen LogP contribution in [0.3, 0.4) is 0 Å². The van der Waals surface area contributed by atoms with Crippen molar-refractivity contribution in [1.82, 2.24) is 9.47 Å². The van der Waals surface area contributed by atoms with Crippen molar-refractivity contribution in [2.75, 3.05) is 26.3 Å². The summed E-state index contributed by atoms with van der Waals surface area (Å²) in [4.78, 5) is 14.9. The van der Waals surface area contributed by atoms with Crippen molar-refractivity contribution in [3.8, 4) is 0 Å². The molecular formula is C18H28N2O3. The predicted octanol–water partition coefficient (Wildman–Crippen LogP) is 2.46. The van der Waals surface area contributed by atoms with Gasteiger partial charge in [0.05, 0.1) is 18.8 Å². The lowest BCUT2D eigenvalue weighted by atomic mass is 9.73. The van der Waals surface area contributed by atoms with Gasteiger partial charge in [-0.25, -0.2) is 0 Å². The minimum atomic E-state index is -0.0540. The van der Waals surface area contributed by atoms with Gasteiger partial charge in [-0.05, 0) is 45.2 Å². The lowest BCUT2D eigenvalue weighted by Gasteiger charge is -2.50. The molecule has 0 aliphatic carbocycles. The normalized spacial score (nSPS) is 28.0. The molecule has 0 radical (unpaired) electrons. The van der Waals surface area contributed by atoms with E-state index in [1.54, 1.807) is 0 Å². The Morgan fingerprint density at radius 3 is 3.04 bits per heavy atom. The third-order valence-electron chi connectivity index (χ3n) is 5.14. The number of aromatic nitrogens is 1. The van der Waals surface area contributed by atoms with Crippen LogP contribution in [0.1, 0.15) is 43.6 Å². The van der Waals surface area contributed by atoms with Crippen LogP contribution in [0.15, 0.2) is 18.3 Å². The number of likely N-dealkylation sites (tertiary alicyclic amines) is 1. The van der Waals surface area contributed by atoms with Gasteiger partial charge >= 0.3 is 0 Å². The SMILES string of the molecule is CC(C)OC[C@]12CCCO[C@@H]1CCN(C(=O)c1cccn1C)C2. The third kappa shape index (κ3) is 3.31. The van der Waals surface area contributed by atoms with Crippen molar-refractivity contribution in [3.63, 3.8) is 0 Å². The number of hydrogen-bond donors (Lipinski definition) is 0. The van der Waals surface area contributed by atoms with Crippen molar-refractivity contribution in [1.29, 1.82) is 0 Å². The summed E-state index contributed by atoms with van der Waals surface area (Å²) >= 11 is 0. The molecule has 0 saturated carbocycles. The number of ether oxygens (including phenoxy) is 2. The topological polar surface area (TPSA) is 43.7 Å². The summed E-state index contributed by atoms with van der Waals surface area (Å²) in [5, 5.41) is 0. The molecule has 2 atom stereocenters. The Balaban J connectivity index is 1.77. The number of aryl methyl sites for hydroxylation is 1. The van der Waals surface area contributed by atoms with E-state index in [0.29, 0.717) is 6.61 Å². The van der Waals surface area contributed by atoms with E-state index in [1.165, 1.54) is 0 Å². The van der Waals surface area contributed by atoms with Crippen molar-refractivity contribution < 1.29 is 14.3 Å². The molecule has 1 amide bonds. The highest BCUT2D eigenvalue weighted by molar-refractivity contribution is 5.92. The molecule has 2 saturated heterocycles. The Labute approximate surface area is 138 Å². The lowest BCUT2D eigenvalue weighted by Crippen LogP contribution is -2.58. The van der Waals surface area contributed by atoms with Gasteiger partial charge in [0.15, 0.2) is 0 Å². The number of carbonyl (C=O) groups excluding carboxylic acids is 1. The molecule has 3 rings (SSSR count). The molecule has 1 aromatic rings. The summed E-state index contributed by atoms with van der Waals surface area (Å²) in [7, 11) is 1.92. The molecule has 5 nitrogen and oxygen atoms in total. The lowest BCUT2D eigenvalue weighted by molar-refractivity contribution is -0.152. The van der Waals surface area contributed by atoms with E-state index in [0.717, 1.165) is 44.7 Å². The first-order valence-electron chi connectivity index (χ1n) is 8.66. The Bertz CT molecular complexity index is 554. The van der Waals surface area contributed by atoms with Crippen LogP contribution in [-0.2, 0) is 16.5 Å². The molecule has 0 bridgehead atoms. The van der Waals surface area contributed by atoms with E-state index in [1.807, 2.05) is 34.8 Å². The van der Waals surface area contributed by atoms with Crippen molar-refractivity contribution in [2.24, 2.45) is 12.5 Å². The van der Waals surface area contributed by atoms with E-state index in [2.05, 4.69) is 13.8 Å². The van der Waals surface area contributed by atoms with Gasteiger partial charge in [-0.1, -0.05) is 0 Å². The van der Waals surface area contributed by atoms with Crippen LogP contribution in [0.5, 0.6) is 0 Å². The molecule has 1 aromatic heterocycles. The molecule has 0 N–H and O–H groups in total. The highest BCUT2D eigenvalue weighted by Gasteiger charge is 2.47. The number of fused-ring (bicyclic) bond motifs is 1. The maximum Gasteiger partial charge on any atom is 0.270 e. The van der Waals surface area contributed by atoms with Gasteiger partial charge in [0.2, 0.25) is 0 Å². The Kier molecular flexibility index (Phi) is 4.78. The number of piperidine rings is 1. The number of carbonyl (C=O) groups is 1. The van der Waals surface area contributed by atoms with E-state index in [-0.39, 0.29) is 23.5 Å². The van der Waals surface area contributed by atoms with Crippen molar-refractivity contribution in [2.45, 2.75) is 45.3 Å². The van der Waals surface area contributed by atoms with Gasteiger partial charge in [-0.2, -0.15) is 0 Å². The minimum Gasteiger partial charge on any atom is -0.378 e. The van der Waals surface area contributed by atoms with E-state index in [9.17, 15) is 4.79 Å². The maximum absolute atomic E-state index is 12.9. The average molecular weight is 320 g/mol. The van der Waals surface area contributed by atoms with E-state index >= 15 is 0 Å². The summed E-state index contributed by atoms with van der Waals surface area (Å²) in [6, 6.07) is 3.81. The fraction of sp³-hybridized carbons (Fsp3) is 0.722. The number of nitrogens with zero attached hydrogens (tertiary/aromatic N) is 2. The molecule has 0 aromatic carbocycles. The zero-order valence-electron chi connectivity index (χ0n) is 14.5. The average Bonchev–Trinajstić information content (AvgIpc) is 2.98. The van der Waals surface area contributed by atoms with Crippen molar-refractivity contribution >= 4 is 5.91 Å². The van der Waals surface area contributed by atoms with E-state index < -0.39 is 0 Å². The first-order chi connectivity index (χ1) is 11.0. The van der Waals surface area contributed by atoms with Crippen LogP contribution in [-0.4, -0.2) is 53.9 Å². The van der Waals surface area contributed by atoms with Crippen LogP contribution in [0.4, 0.5) is 0 Å². The summed E-state index contributed by atoms with van der Waals surface area (Å²) < 4.78 is 13.9. The van der Waals surface area contributed by atoms with Crippen LogP contribution >= 0.6 is 0 Å². The van der Waals surface area contributed by atoms with Crippen LogP contribution in [0.2, 0.25) is 0 Å². The van der Waals surface area contributed by atoms with Gasteiger partial charge in [0.25, 0.3) is 5.91 Å². The largest absolute Gasteiger partial charge is 0.378 e. The predicted molar refractivity (Wildman–Crippen MR) is 88.4 cm³/mol. The fourth-order valence-electron chi connectivity index (χ4n) is 3.85. The standard InChI is InChI=1S/C18H28N2O3/c1-14(2)23-13-18-8-5-11-22-16(18)7-10-20(12-18)17(21)15-6-4-9-19(15)3/h4,6,9,14,16H,5,7-8,10-13H2,1-3H3/t16-,18-/m1/s1. The highest BCUT2D eigenvalue weighted by Crippen LogP contribution is 2.41. The first kappa shape index (κ1) is 16.5. The molecule has 23 heavy (non-hydrogen) atoms. The number of rotatable bonds is 4. The third-order valence-corrected chi connectivity index (χ3v) is 5.14. The molecule has 2 fully saturated rings. The zero-order chi connectivity index (χ0) is 16.4. The van der Waals surface area contributed by atoms with Crippen LogP contribution in [0.25, 0.3) is 0 Å². The smallest absolute Gasteiger partial charge is 0.270 e. The fourth-order valence-corrected chi connectivity index (χ4v) is 3.85. The van der Waals surface area contributed by atoms with Gasteiger partial charge in [0, 0.05) is 38.4 Å². The second kappa shape index (κ2) is 6.65. The van der Waals surface area contributed by atoms with Crippen molar-refractivity contribution in [3.05, 3.63) is 24.0 Å². The van der Waals surface area contributed by atoms with Crippen LogP contribution in [0, 0.1) is 5.41 Å². The highest BCUT2D eigenvalue weighted by atomic mass is 16.5. The van der Waals surface area contributed by atoms with Gasteiger partial charge in [0.1, 0.15) is 5.69 Å². The Morgan fingerprint density at radius 1 is 1.52 bits per heavy atom. The summed E-state index contributed by atoms with van der Waals surface area (Å²) in [6.07, 6.45) is 5.35. The maximum atomic E-state index is 12.9. The monoisotopic (exact) mass is 320 g/mol. The molecule has 2 aliphatic heterocycles. The van der Waals surface area contributed by atoms with Gasteiger partial charge in [-0.3, -0.25) is 4.79 Å². The molecule has 3 heterocycles. The molecule has 0 unspecified atom stereocenters. The molecule has 128 valence electrons. The van der Waals surface area contributed by atoms with Gasteiger partial charge in [-0.15, -0.1) is 0 Å². The van der Waals surface area contributed by atoms with Crippen LogP contribution < -0.4 is 0 Å². The Morgan fingerprint density at radius 2 is 2.35 bits per heavy atom.